The zero-order chi connectivity index (χ0) is 50.2. The average molecular weight is 963 g/mol. The summed E-state index contributed by atoms with van der Waals surface area (Å²) in [6, 6.07) is 43.0. The number of nitrogens with zero attached hydrogens (tertiary/aromatic N) is 3. The topological polar surface area (TPSA) is 155 Å². The summed E-state index contributed by atoms with van der Waals surface area (Å²) in [5.74, 6) is -1.33. The second kappa shape index (κ2) is 21.5. The standard InChI is InChI=1S/C56H70N6O5Si2/c1-54(2,3)68(7,8)66-49-32-31-42(36-50(49)67-69(9,10)55(4,5)6)35-47(57)52(64)62(51(63)38-59-34-33-41-23-15-11-16-24-41)53(65)48(58)37-46-39-61(40-60-46)56(43-25-17-12-18-26-43,44-27-19-13-20-28-44)45-29-21-14-22-30-45/h11-34,36,39-40,47-48,59H,35,37-38,57-58H2,1-10H3/b34-33-/t47-,48-/m0/s1. The van der Waals surface area contributed by atoms with E-state index in [1.807, 2.05) is 114 Å². The van der Waals surface area contributed by atoms with Crippen LogP contribution in [-0.2, 0) is 32.8 Å². The molecule has 13 heteroatoms. The quantitative estimate of drug-likeness (QED) is 0.0564. The number of carbonyl (C=O) groups is 3. The summed E-state index contributed by atoms with van der Waals surface area (Å²) < 4.78 is 15.7. The van der Waals surface area contributed by atoms with Crippen molar-refractivity contribution in [2.45, 2.75) is 108 Å². The Bertz CT molecular complexity index is 2600. The fourth-order valence-corrected chi connectivity index (χ4v) is 9.66. The molecule has 5 aromatic carbocycles. The van der Waals surface area contributed by atoms with Gasteiger partial charge in [-0.1, -0.05) is 169 Å². The van der Waals surface area contributed by atoms with E-state index >= 15 is 0 Å². The third-order valence-electron chi connectivity index (χ3n) is 13.6. The molecule has 0 bridgehead atoms. The van der Waals surface area contributed by atoms with Gasteiger partial charge in [-0.25, -0.2) is 9.88 Å². The van der Waals surface area contributed by atoms with Crippen LogP contribution >= 0.6 is 0 Å². The molecule has 6 aromatic rings. The summed E-state index contributed by atoms with van der Waals surface area (Å²) in [6.45, 7) is 21.4. The van der Waals surface area contributed by atoms with E-state index in [-0.39, 0.29) is 29.5 Å². The summed E-state index contributed by atoms with van der Waals surface area (Å²) >= 11 is 0. The molecule has 2 atom stereocenters. The first-order valence-corrected chi connectivity index (χ1v) is 29.4. The number of amides is 3. The van der Waals surface area contributed by atoms with Crippen LogP contribution in [0.15, 0.2) is 158 Å². The molecule has 3 amide bonds. The lowest BCUT2D eigenvalue weighted by molar-refractivity contribution is -0.155. The van der Waals surface area contributed by atoms with Gasteiger partial charge in [-0.3, -0.25) is 14.4 Å². The van der Waals surface area contributed by atoms with Crippen LogP contribution in [0.25, 0.3) is 6.08 Å². The number of hydrogen-bond acceptors (Lipinski definition) is 9. The Kier molecular flexibility index (Phi) is 16.2. The van der Waals surface area contributed by atoms with E-state index in [4.69, 9.17) is 25.3 Å². The normalized spacial score (nSPS) is 13.4. The maximum absolute atomic E-state index is 14.6. The van der Waals surface area contributed by atoms with Crippen molar-refractivity contribution in [3.8, 4) is 11.5 Å². The molecule has 0 saturated heterocycles. The molecule has 0 saturated carbocycles. The van der Waals surface area contributed by atoms with Gasteiger partial charge in [0.25, 0.3) is 34.4 Å². The van der Waals surface area contributed by atoms with Crippen LogP contribution in [0.2, 0.25) is 36.3 Å². The zero-order valence-electron chi connectivity index (χ0n) is 41.9. The number of hydrogen-bond donors (Lipinski definition) is 3. The van der Waals surface area contributed by atoms with Crippen molar-refractivity contribution in [3.05, 3.63) is 192 Å². The minimum Gasteiger partial charge on any atom is -0.541 e. The van der Waals surface area contributed by atoms with Crippen LogP contribution in [-0.4, -0.2) is 67.4 Å². The summed E-state index contributed by atoms with van der Waals surface area (Å²) in [6.07, 6.45) is 6.93. The third-order valence-corrected chi connectivity index (χ3v) is 22.3. The Morgan fingerprint density at radius 3 is 1.58 bits per heavy atom. The summed E-state index contributed by atoms with van der Waals surface area (Å²) in [5, 5.41) is 2.77. The van der Waals surface area contributed by atoms with Crippen molar-refractivity contribution in [2.75, 3.05) is 6.54 Å². The largest absolute Gasteiger partial charge is 0.541 e. The van der Waals surface area contributed by atoms with Gasteiger partial charge in [-0.15, -0.1) is 0 Å². The number of carbonyl (C=O) groups excluding carboxylic acids is 3. The first-order valence-electron chi connectivity index (χ1n) is 23.6. The molecule has 0 aliphatic heterocycles. The first-order chi connectivity index (χ1) is 32.5. The minimum atomic E-state index is -2.37. The summed E-state index contributed by atoms with van der Waals surface area (Å²) in [5.41, 5.74) is 17.7. The van der Waals surface area contributed by atoms with Crippen molar-refractivity contribution < 1.29 is 23.2 Å². The molecule has 0 radical (unpaired) electrons. The van der Waals surface area contributed by atoms with Crippen molar-refractivity contribution in [2.24, 2.45) is 11.5 Å². The van der Waals surface area contributed by atoms with E-state index in [2.05, 4.69) is 109 Å². The van der Waals surface area contributed by atoms with E-state index in [9.17, 15) is 14.4 Å². The predicted octanol–water partition coefficient (Wildman–Crippen LogP) is 10.1. The van der Waals surface area contributed by atoms with Crippen LogP contribution < -0.4 is 25.6 Å². The highest BCUT2D eigenvalue weighted by molar-refractivity contribution is 6.75. The number of imide groups is 3. The van der Waals surface area contributed by atoms with E-state index in [1.165, 1.54) is 0 Å². The molecule has 5 N–H and O–H groups in total. The molecule has 0 aliphatic carbocycles. The van der Waals surface area contributed by atoms with Gasteiger partial charge < -0.3 is 30.2 Å². The van der Waals surface area contributed by atoms with Crippen LogP contribution in [0.5, 0.6) is 11.5 Å². The highest BCUT2D eigenvalue weighted by Crippen LogP contribution is 2.44. The van der Waals surface area contributed by atoms with Crippen LogP contribution in [0, 0.1) is 0 Å². The van der Waals surface area contributed by atoms with Gasteiger partial charge in [0, 0.05) is 12.6 Å². The number of benzene rings is 5. The van der Waals surface area contributed by atoms with Gasteiger partial charge in [0.2, 0.25) is 0 Å². The van der Waals surface area contributed by atoms with Crippen LogP contribution in [0.3, 0.4) is 0 Å². The van der Waals surface area contributed by atoms with Crippen LogP contribution in [0.4, 0.5) is 0 Å². The maximum atomic E-state index is 14.6. The average Bonchev–Trinajstić information content (AvgIpc) is 3.77. The van der Waals surface area contributed by atoms with Gasteiger partial charge in [-0.2, -0.15) is 0 Å². The number of nitrogens with two attached hydrogens (primary N) is 2. The fraction of sp³-hybridized carbons (Fsp3) is 0.321. The Morgan fingerprint density at radius 2 is 1.10 bits per heavy atom. The van der Waals surface area contributed by atoms with Gasteiger partial charge >= 0.3 is 0 Å². The van der Waals surface area contributed by atoms with E-state index in [0.29, 0.717) is 27.7 Å². The Balaban J connectivity index is 1.31. The predicted molar refractivity (Wildman–Crippen MR) is 283 cm³/mol. The van der Waals surface area contributed by atoms with Crippen molar-refractivity contribution in [1.82, 2.24) is 19.8 Å². The maximum Gasteiger partial charge on any atom is 0.255 e. The van der Waals surface area contributed by atoms with Crippen LogP contribution in [0.1, 0.15) is 75.1 Å². The van der Waals surface area contributed by atoms with Gasteiger partial charge in [0.15, 0.2) is 0 Å². The number of rotatable bonds is 18. The zero-order valence-corrected chi connectivity index (χ0v) is 43.9. The highest BCUT2D eigenvalue weighted by atomic mass is 28.4. The highest BCUT2D eigenvalue weighted by Gasteiger charge is 2.43. The first kappa shape index (κ1) is 52.0. The molecule has 6 rings (SSSR count). The molecule has 0 fully saturated rings. The molecule has 0 unspecified atom stereocenters. The van der Waals surface area contributed by atoms with Gasteiger partial charge in [-0.05, 0) is 94.9 Å². The fourth-order valence-electron chi connectivity index (χ4n) is 7.62. The number of nitrogens with one attached hydrogen (secondary N) is 1. The second-order valence-corrected chi connectivity index (χ2v) is 30.2. The van der Waals surface area contributed by atoms with Gasteiger partial charge in [0.05, 0.1) is 30.6 Å². The Labute approximate surface area is 411 Å². The minimum absolute atomic E-state index is 0.00561. The van der Waals surface area contributed by atoms with E-state index < -0.39 is 52.0 Å². The van der Waals surface area contributed by atoms with E-state index in [0.717, 1.165) is 22.3 Å². The molecule has 1 aromatic heterocycles. The molecule has 1 heterocycles. The third kappa shape index (κ3) is 12.1. The molecule has 0 aliphatic rings. The second-order valence-electron chi connectivity index (χ2n) is 20.7. The molecule has 11 nitrogen and oxygen atoms in total. The summed E-state index contributed by atoms with van der Waals surface area (Å²) in [7, 11) is -4.66. The Hall–Kier alpha value is -6.39. The SMILES string of the molecule is CC(C)(C)[Si](C)(C)Oc1ccc(C[C@H](N)C(=O)N(C(=O)CN/C=C\c2ccccc2)C(=O)[C@@H](N)Cc2cn(C(c3ccccc3)(c3ccccc3)c3ccccc3)cn2)cc1O[Si](C)(C)C(C)(C)C. The lowest BCUT2D eigenvalue weighted by atomic mass is 9.77. The van der Waals surface area contributed by atoms with Crippen molar-refractivity contribution in [3.63, 3.8) is 0 Å². The van der Waals surface area contributed by atoms with Crippen molar-refractivity contribution in [1.29, 1.82) is 0 Å². The van der Waals surface area contributed by atoms with E-state index in [1.54, 1.807) is 18.6 Å². The summed E-state index contributed by atoms with van der Waals surface area (Å²) in [4.78, 5) is 48.7. The lowest BCUT2D eigenvalue weighted by Gasteiger charge is -2.39. The molecule has 69 heavy (non-hydrogen) atoms. The number of aromatic nitrogens is 2. The molecule has 0 spiro atoms. The molecular weight excluding hydrogens is 893 g/mol. The monoisotopic (exact) mass is 962 g/mol. The smallest absolute Gasteiger partial charge is 0.255 e. The lowest BCUT2D eigenvalue weighted by Crippen LogP contribution is -2.57. The Morgan fingerprint density at radius 1 is 0.652 bits per heavy atom. The molecular formula is C56H70N6O5Si2. The van der Waals surface area contributed by atoms with Crippen molar-refractivity contribution >= 4 is 40.4 Å². The molecule has 362 valence electrons. The number of imidazole rings is 1. The van der Waals surface area contributed by atoms with Gasteiger partial charge in [0.1, 0.15) is 17.0 Å².